The Balaban J connectivity index is 1.54. The zero-order chi connectivity index (χ0) is 23.0. The third-order valence-electron chi connectivity index (χ3n) is 4.76. The van der Waals surface area contributed by atoms with Gasteiger partial charge < -0.3 is 23.7 Å². The van der Waals surface area contributed by atoms with Crippen molar-refractivity contribution in [1.29, 1.82) is 0 Å². The van der Waals surface area contributed by atoms with E-state index in [2.05, 4.69) is 0 Å². The van der Waals surface area contributed by atoms with Crippen LogP contribution in [0.1, 0.15) is 11.1 Å². The van der Waals surface area contributed by atoms with Crippen LogP contribution >= 0.6 is 34.8 Å². The second kappa shape index (κ2) is 11.7. The molecule has 2 aromatic rings. The van der Waals surface area contributed by atoms with Crippen LogP contribution in [0.3, 0.4) is 0 Å². The molecule has 2 aromatic carbocycles. The van der Waals surface area contributed by atoms with Gasteiger partial charge in [-0.2, -0.15) is 0 Å². The van der Waals surface area contributed by atoms with Gasteiger partial charge in [0.25, 0.3) is 9.70 Å². The second-order valence-corrected chi connectivity index (χ2v) is 9.48. The zero-order valence-electron chi connectivity index (χ0n) is 17.6. The molecule has 0 saturated carbocycles. The van der Waals surface area contributed by atoms with Crippen molar-refractivity contribution in [2.24, 2.45) is 5.73 Å². The predicted octanol–water partition coefficient (Wildman–Crippen LogP) is 4.75. The van der Waals surface area contributed by atoms with Gasteiger partial charge in [0.05, 0.1) is 33.5 Å². The number of nitrogens with two attached hydrogens (primary N) is 1. The molecule has 0 bridgehead atoms. The molecule has 0 aliphatic carbocycles. The Bertz CT molecular complexity index is 860. The first-order valence-corrected chi connectivity index (χ1v) is 11.1. The number of methoxy groups -OCH3 is 1. The van der Waals surface area contributed by atoms with E-state index in [0.29, 0.717) is 19.8 Å². The zero-order valence-corrected chi connectivity index (χ0v) is 19.9. The van der Waals surface area contributed by atoms with Crippen LogP contribution in [0.5, 0.6) is 5.75 Å². The highest BCUT2D eigenvalue weighted by Crippen LogP contribution is 2.44. The highest BCUT2D eigenvalue weighted by molar-refractivity contribution is 6.68. The molecular formula is C23H26Cl3NO5. The Morgan fingerprint density at radius 3 is 2.28 bits per heavy atom. The molecule has 3 rings (SSSR count). The highest BCUT2D eigenvalue weighted by atomic mass is 35.6. The van der Waals surface area contributed by atoms with Gasteiger partial charge in [0.15, 0.2) is 0 Å². The summed E-state index contributed by atoms with van der Waals surface area (Å²) in [6, 6.07) is 17.4. The Morgan fingerprint density at radius 1 is 0.969 bits per heavy atom. The summed E-state index contributed by atoms with van der Waals surface area (Å²) in [7, 11) is 1.62. The lowest BCUT2D eigenvalue weighted by atomic mass is 10.2. The summed E-state index contributed by atoms with van der Waals surface area (Å²) in [5.41, 5.74) is 8.13. The lowest BCUT2D eigenvalue weighted by Crippen LogP contribution is -2.53. The molecule has 1 aliphatic heterocycles. The summed E-state index contributed by atoms with van der Waals surface area (Å²) in [6.45, 7) is 1.42. The standard InChI is InChI=1S/C23H26Cl3NO5/c1-28-19-11-9-18(10-12-19)15-30-16-21-20(31-23(27,32-21)22(24,25)26)8-5-13-29-14-17-6-3-2-4-7-17/h2-12,20-21H,13-16,27H2,1H3/b8-5-/t20-,21-,23?/m0/s1. The fraction of sp³-hybridized carbons (Fsp3) is 0.391. The highest BCUT2D eigenvalue weighted by Gasteiger charge is 2.57. The summed E-state index contributed by atoms with van der Waals surface area (Å²) >= 11 is 17.9. The Hall–Kier alpha value is -1.35. The van der Waals surface area contributed by atoms with E-state index in [1.165, 1.54) is 0 Å². The van der Waals surface area contributed by atoms with Crippen molar-refractivity contribution in [3.63, 3.8) is 0 Å². The van der Waals surface area contributed by atoms with Crippen LogP contribution in [0.4, 0.5) is 0 Å². The molecule has 1 heterocycles. The minimum absolute atomic E-state index is 0.186. The smallest absolute Gasteiger partial charge is 0.275 e. The number of ether oxygens (including phenoxy) is 5. The van der Waals surface area contributed by atoms with Crippen molar-refractivity contribution in [3.05, 3.63) is 77.9 Å². The molecular weight excluding hydrogens is 477 g/mol. The maximum atomic E-state index is 6.06. The normalized spacial score (nSPS) is 23.7. The molecule has 6 nitrogen and oxygen atoms in total. The largest absolute Gasteiger partial charge is 0.497 e. The molecule has 0 spiro atoms. The maximum absolute atomic E-state index is 6.06. The molecule has 9 heteroatoms. The van der Waals surface area contributed by atoms with Crippen molar-refractivity contribution in [1.82, 2.24) is 0 Å². The van der Waals surface area contributed by atoms with Gasteiger partial charge in [-0.3, -0.25) is 5.73 Å². The van der Waals surface area contributed by atoms with Crippen LogP contribution in [0.25, 0.3) is 0 Å². The maximum Gasteiger partial charge on any atom is 0.275 e. The molecule has 2 N–H and O–H groups in total. The molecule has 1 saturated heterocycles. The van der Waals surface area contributed by atoms with Crippen molar-refractivity contribution in [3.8, 4) is 5.75 Å². The van der Waals surface area contributed by atoms with E-state index in [9.17, 15) is 0 Å². The van der Waals surface area contributed by atoms with Crippen LogP contribution < -0.4 is 10.5 Å². The van der Waals surface area contributed by atoms with Crippen molar-refractivity contribution >= 4 is 34.8 Å². The number of rotatable bonds is 10. The van der Waals surface area contributed by atoms with Gasteiger partial charge in [0, 0.05) is 0 Å². The van der Waals surface area contributed by atoms with Gasteiger partial charge >= 0.3 is 0 Å². The van der Waals surface area contributed by atoms with Crippen LogP contribution in [0.2, 0.25) is 0 Å². The van der Waals surface area contributed by atoms with E-state index < -0.39 is 21.9 Å². The van der Waals surface area contributed by atoms with Crippen molar-refractivity contribution in [2.45, 2.75) is 35.1 Å². The van der Waals surface area contributed by atoms with E-state index in [4.69, 9.17) is 64.2 Å². The second-order valence-electron chi connectivity index (χ2n) is 7.20. The van der Waals surface area contributed by atoms with Gasteiger partial charge in [-0.15, -0.1) is 0 Å². The number of hydrogen-bond acceptors (Lipinski definition) is 6. The minimum atomic E-state index is -1.98. The van der Waals surface area contributed by atoms with E-state index in [1.807, 2.05) is 60.7 Å². The monoisotopic (exact) mass is 501 g/mol. The molecule has 0 aromatic heterocycles. The van der Waals surface area contributed by atoms with E-state index in [-0.39, 0.29) is 6.61 Å². The third-order valence-corrected chi connectivity index (χ3v) is 5.55. The first kappa shape index (κ1) is 25.3. The first-order chi connectivity index (χ1) is 15.3. The lowest BCUT2D eigenvalue weighted by Gasteiger charge is -2.29. The molecule has 0 amide bonds. The fourth-order valence-electron chi connectivity index (χ4n) is 3.05. The average Bonchev–Trinajstić information content (AvgIpc) is 3.11. The van der Waals surface area contributed by atoms with Crippen molar-refractivity contribution in [2.75, 3.05) is 20.3 Å². The summed E-state index contributed by atoms with van der Waals surface area (Å²) < 4.78 is 26.1. The van der Waals surface area contributed by atoms with Gasteiger partial charge in [-0.25, -0.2) is 0 Å². The average molecular weight is 503 g/mol. The van der Waals surface area contributed by atoms with Crippen molar-refractivity contribution < 1.29 is 23.7 Å². The summed E-state index contributed by atoms with van der Waals surface area (Å²) in [5, 5.41) is 0. The van der Waals surface area contributed by atoms with Crippen LogP contribution in [0.15, 0.2) is 66.7 Å². The van der Waals surface area contributed by atoms with E-state index in [1.54, 1.807) is 13.2 Å². The van der Waals surface area contributed by atoms with Gasteiger partial charge in [-0.1, -0.05) is 89.4 Å². The molecule has 1 unspecified atom stereocenters. The van der Waals surface area contributed by atoms with Crippen LogP contribution in [-0.4, -0.2) is 42.2 Å². The van der Waals surface area contributed by atoms with Crippen LogP contribution in [-0.2, 0) is 32.2 Å². The number of benzene rings is 2. The molecule has 174 valence electrons. The first-order valence-electron chi connectivity index (χ1n) is 10.0. The minimum Gasteiger partial charge on any atom is -0.497 e. The molecule has 1 fully saturated rings. The van der Waals surface area contributed by atoms with Gasteiger partial charge in [-0.05, 0) is 23.3 Å². The number of alkyl halides is 3. The number of hydrogen-bond donors (Lipinski definition) is 1. The summed E-state index contributed by atoms with van der Waals surface area (Å²) in [6.07, 6.45) is 2.45. The lowest BCUT2D eigenvalue weighted by molar-refractivity contribution is -0.169. The van der Waals surface area contributed by atoms with Gasteiger partial charge in [0.1, 0.15) is 18.0 Å². The fourth-order valence-corrected chi connectivity index (χ4v) is 3.31. The molecule has 32 heavy (non-hydrogen) atoms. The molecule has 0 radical (unpaired) electrons. The van der Waals surface area contributed by atoms with Gasteiger partial charge in [0.2, 0.25) is 0 Å². The predicted molar refractivity (Wildman–Crippen MR) is 125 cm³/mol. The summed E-state index contributed by atoms with van der Waals surface area (Å²) in [5.74, 6) is -1.12. The Morgan fingerprint density at radius 2 is 1.62 bits per heavy atom. The van der Waals surface area contributed by atoms with Crippen LogP contribution in [0, 0.1) is 0 Å². The Labute approximate surface area is 203 Å². The van der Waals surface area contributed by atoms with E-state index >= 15 is 0 Å². The topological polar surface area (TPSA) is 72.2 Å². The Kier molecular flexibility index (Phi) is 9.22. The molecule has 3 atom stereocenters. The summed E-state index contributed by atoms with van der Waals surface area (Å²) in [4.78, 5) is 0. The molecule has 1 aliphatic rings. The number of halogens is 3. The SMILES string of the molecule is COc1ccc(COC[C@@H]2OC(N)(C(Cl)(Cl)Cl)O[C@H]2/C=C\COCc2ccccc2)cc1. The van der Waals surface area contributed by atoms with E-state index in [0.717, 1.165) is 16.9 Å². The third kappa shape index (κ3) is 7.07. The quantitative estimate of drug-likeness (QED) is 0.287.